The number of hydrogen-bond donors (Lipinski definition) is 1. The number of methoxy groups -OCH3 is 1. The van der Waals surface area contributed by atoms with Gasteiger partial charge in [-0.1, -0.05) is 42.5 Å². The van der Waals surface area contributed by atoms with E-state index in [-0.39, 0.29) is 11.3 Å². The largest absolute Gasteiger partial charge is 0.507 e. The van der Waals surface area contributed by atoms with Crippen molar-refractivity contribution < 1.29 is 24.2 Å². The first-order valence-corrected chi connectivity index (χ1v) is 10.7. The first-order chi connectivity index (χ1) is 16.0. The van der Waals surface area contributed by atoms with E-state index in [1.54, 1.807) is 42.5 Å². The molecule has 1 fully saturated rings. The Bertz CT molecular complexity index is 1230. The Morgan fingerprint density at radius 2 is 1.64 bits per heavy atom. The summed E-state index contributed by atoms with van der Waals surface area (Å²) >= 11 is 0. The number of amides is 1. The van der Waals surface area contributed by atoms with Gasteiger partial charge in [0.25, 0.3) is 11.7 Å². The predicted molar refractivity (Wildman–Crippen MR) is 127 cm³/mol. The second-order valence-corrected chi connectivity index (χ2v) is 7.66. The third-order valence-corrected chi connectivity index (χ3v) is 5.69. The molecule has 1 amide bonds. The molecule has 3 aromatic rings. The highest BCUT2D eigenvalue weighted by Gasteiger charge is 2.47. The molecule has 0 aromatic heterocycles. The zero-order valence-electron chi connectivity index (χ0n) is 18.7. The molecule has 6 heteroatoms. The third kappa shape index (κ3) is 3.96. The van der Waals surface area contributed by atoms with Crippen molar-refractivity contribution in [1.82, 2.24) is 0 Å². The quantitative estimate of drug-likeness (QED) is 0.329. The average Bonchev–Trinajstić information content (AvgIpc) is 3.10. The lowest BCUT2D eigenvalue weighted by molar-refractivity contribution is -0.132. The van der Waals surface area contributed by atoms with Crippen molar-refractivity contribution >= 4 is 23.1 Å². The van der Waals surface area contributed by atoms with Crippen LogP contribution in [0.25, 0.3) is 5.76 Å². The van der Waals surface area contributed by atoms with Crippen molar-refractivity contribution in [3.8, 4) is 11.5 Å². The second kappa shape index (κ2) is 9.20. The Hall–Kier alpha value is -4.06. The van der Waals surface area contributed by atoms with Crippen LogP contribution >= 0.6 is 0 Å². The molecule has 0 spiro atoms. The second-order valence-electron chi connectivity index (χ2n) is 7.66. The van der Waals surface area contributed by atoms with Gasteiger partial charge in [-0.25, -0.2) is 0 Å². The molecule has 1 saturated heterocycles. The molecule has 168 valence electrons. The number of ether oxygens (including phenoxy) is 2. The highest BCUT2D eigenvalue weighted by molar-refractivity contribution is 6.51. The van der Waals surface area contributed by atoms with Crippen molar-refractivity contribution in [2.24, 2.45) is 0 Å². The Balaban J connectivity index is 1.95. The van der Waals surface area contributed by atoms with Crippen molar-refractivity contribution in [1.29, 1.82) is 0 Å². The summed E-state index contributed by atoms with van der Waals surface area (Å²) in [5.41, 5.74) is 2.48. The molecule has 1 aliphatic heterocycles. The molecule has 0 aliphatic carbocycles. The Labute approximate surface area is 192 Å². The fourth-order valence-electron chi connectivity index (χ4n) is 4.13. The van der Waals surface area contributed by atoms with Gasteiger partial charge in [0.15, 0.2) is 0 Å². The van der Waals surface area contributed by atoms with E-state index in [2.05, 4.69) is 0 Å². The van der Waals surface area contributed by atoms with Crippen LogP contribution in [-0.4, -0.2) is 30.5 Å². The van der Waals surface area contributed by atoms with E-state index in [1.807, 2.05) is 44.2 Å². The zero-order chi connectivity index (χ0) is 23.5. The number of aryl methyl sites for hydroxylation is 1. The van der Waals surface area contributed by atoms with Gasteiger partial charge >= 0.3 is 0 Å². The number of anilines is 1. The normalized spacial score (nSPS) is 17.3. The maximum absolute atomic E-state index is 13.3. The molecule has 1 unspecified atom stereocenters. The van der Waals surface area contributed by atoms with E-state index in [9.17, 15) is 14.7 Å². The van der Waals surface area contributed by atoms with E-state index in [1.165, 1.54) is 12.0 Å². The summed E-state index contributed by atoms with van der Waals surface area (Å²) in [6, 6.07) is 20.6. The number of ketones is 1. The van der Waals surface area contributed by atoms with E-state index in [0.29, 0.717) is 34.9 Å². The fourth-order valence-corrected chi connectivity index (χ4v) is 4.13. The van der Waals surface area contributed by atoms with Gasteiger partial charge in [0.1, 0.15) is 17.3 Å². The lowest BCUT2D eigenvalue weighted by atomic mass is 9.94. The molecule has 0 bridgehead atoms. The van der Waals surface area contributed by atoms with Gasteiger partial charge in [0.05, 0.1) is 30.9 Å². The van der Waals surface area contributed by atoms with Crippen LogP contribution in [0.4, 0.5) is 5.69 Å². The number of Topliss-reactive ketones (excluding diaryl/α,β-unsaturated/α-hetero) is 1. The van der Waals surface area contributed by atoms with E-state index in [4.69, 9.17) is 9.47 Å². The van der Waals surface area contributed by atoms with Crippen LogP contribution in [-0.2, 0) is 9.59 Å². The van der Waals surface area contributed by atoms with Crippen molar-refractivity contribution in [2.75, 3.05) is 18.6 Å². The summed E-state index contributed by atoms with van der Waals surface area (Å²) in [5, 5.41) is 11.3. The fraction of sp³-hybridized carbons (Fsp3) is 0.185. The van der Waals surface area contributed by atoms with Gasteiger partial charge < -0.3 is 14.6 Å². The first kappa shape index (κ1) is 22.1. The molecule has 1 N–H and O–H groups in total. The number of aliphatic hydroxyl groups is 1. The van der Waals surface area contributed by atoms with Gasteiger partial charge in [-0.3, -0.25) is 14.5 Å². The summed E-state index contributed by atoms with van der Waals surface area (Å²) in [6.45, 7) is 4.30. The van der Waals surface area contributed by atoms with Gasteiger partial charge in [-0.2, -0.15) is 0 Å². The molecule has 0 saturated carbocycles. The lowest BCUT2D eigenvalue weighted by Crippen LogP contribution is -2.30. The smallest absolute Gasteiger partial charge is 0.300 e. The number of rotatable bonds is 6. The van der Waals surface area contributed by atoms with Gasteiger partial charge in [-0.05, 0) is 55.3 Å². The van der Waals surface area contributed by atoms with Gasteiger partial charge in [0.2, 0.25) is 0 Å². The van der Waals surface area contributed by atoms with Crippen LogP contribution in [0.15, 0.2) is 78.4 Å². The SMILES string of the molecule is CCOc1ccc(C2/C(=C(/O)c3ccccc3OC)C(=O)C(=O)N2c2ccccc2C)cc1. The maximum atomic E-state index is 13.3. The molecule has 0 radical (unpaired) electrons. The Morgan fingerprint density at radius 3 is 2.30 bits per heavy atom. The molecule has 1 aliphatic rings. The van der Waals surface area contributed by atoms with E-state index in [0.717, 1.165) is 5.56 Å². The predicted octanol–water partition coefficient (Wildman–Crippen LogP) is 5.03. The van der Waals surface area contributed by atoms with Gasteiger partial charge in [-0.15, -0.1) is 0 Å². The first-order valence-electron chi connectivity index (χ1n) is 10.7. The van der Waals surface area contributed by atoms with Crippen LogP contribution in [0.5, 0.6) is 11.5 Å². The monoisotopic (exact) mass is 443 g/mol. The minimum Gasteiger partial charge on any atom is -0.507 e. The number of nitrogens with zero attached hydrogens (tertiary/aromatic N) is 1. The molecule has 1 atom stereocenters. The number of aliphatic hydroxyl groups excluding tert-OH is 1. The number of para-hydroxylation sites is 2. The van der Waals surface area contributed by atoms with Crippen LogP contribution < -0.4 is 14.4 Å². The van der Waals surface area contributed by atoms with Crippen molar-refractivity contribution in [3.05, 3.63) is 95.1 Å². The molecule has 6 nitrogen and oxygen atoms in total. The van der Waals surface area contributed by atoms with E-state index < -0.39 is 17.7 Å². The minimum atomic E-state index is -0.813. The van der Waals surface area contributed by atoms with Crippen molar-refractivity contribution in [2.45, 2.75) is 19.9 Å². The van der Waals surface area contributed by atoms with Gasteiger partial charge in [0, 0.05) is 5.69 Å². The number of carbonyl (C=O) groups is 2. The highest BCUT2D eigenvalue weighted by atomic mass is 16.5. The summed E-state index contributed by atoms with van der Waals surface area (Å²) in [4.78, 5) is 28.0. The van der Waals surface area contributed by atoms with E-state index >= 15 is 0 Å². The minimum absolute atomic E-state index is 0.0110. The van der Waals surface area contributed by atoms with Crippen LogP contribution in [0, 0.1) is 6.92 Å². The number of benzene rings is 3. The molecule has 33 heavy (non-hydrogen) atoms. The topological polar surface area (TPSA) is 76.1 Å². The Morgan fingerprint density at radius 1 is 0.970 bits per heavy atom. The third-order valence-electron chi connectivity index (χ3n) is 5.69. The number of hydrogen-bond acceptors (Lipinski definition) is 5. The number of carbonyl (C=O) groups excluding carboxylic acids is 2. The molecule has 1 heterocycles. The summed E-state index contributed by atoms with van der Waals surface area (Å²) in [6.07, 6.45) is 0. The van der Waals surface area contributed by atoms with Crippen LogP contribution in [0.1, 0.15) is 29.7 Å². The Kier molecular flexibility index (Phi) is 6.18. The molecular weight excluding hydrogens is 418 g/mol. The van der Waals surface area contributed by atoms with Crippen LogP contribution in [0.2, 0.25) is 0 Å². The lowest BCUT2D eigenvalue weighted by Gasteiger charge is -2.27. The molecule has 3 aromatic carbocycles. The average molecular weight is 443 g/mol. The summed E-state index contributed by atoms with van der Waals surface area (Å²) in [5.74, 6) is -0.637. The zero-order valence-corrected chi connectivity index (χ0v) is 18.7. The summed E-state index contributed by atoms with van der Waals surface area (Å²) in [7, 11) is 1.49. The summed E-state index contributed by atoms with van der Waals surface area (Å²) < 4.78 is 10.9. The highest BCUT2D eigenvalue weighted by Crippen LogP contribution is 2.44. The standard InChI is InChI=1S/C27H25NO5/c1-4-33-19-15-13-18(14-16-19)24-23(25(29)20-10-6-8-12-22(20)32-3)26(30)27(31)28(24)21-11-7-5-9-17(21)2/h5-16,24,29H,4H2,1-3H3/b25-23-. The molecular formula is C27H25NO5. The van der Waals surface area contributed by atoms with Crippen LogP contribution in [0.3, 0.4) is 0 Å². The molecule has 4 rings (SSSR count). The van der Waals surface area contributed by atoms with Crippen molar-refractivity contribution in [3.63, 3.8) is 0 Å². The maximum Gasteiger partial charge on any atom is 0.300 e.